The second-order valence-electron chi connectivity index (χ2n) is 8.69. The van der Waals surface area contributed by atoms with Crippen LogP contribution in [0.5, 0.6) is 0 Å². The summed E-state index contributed by atoms with van der Waals surface area (Å²) in [6.07, 6.45) is 0. The molecule has 9 heteroatoms. The van der Waals surface area contributed by atoms with Crippen LogP contribution in [0.15, 0.2) is 65.6 Å². The van der Waals surface area contributed by atoms with E-state index in [0.717, 1.165) is 16.5 Å². The summed E-state index contributed by atoms with van der Waals surface area (Å²) in [5, 5.41) is 2.12. The first-order chi connectivity index (χ1) is 16.9. The largest absolute Gasteiger partial charge is 0.379 e. The van der Waals surface area contributed by atoms with Crippen LogP contribution in [0.4, 0.5) is 11.4 Å². The first-order valence-electron chi connectivity index (χ1n) is 11.8. The number of hydrogen-bond acceptors (Lipinski definition) is 6. The van der Waals surface area contributed by atoms with Crippen LogP contribution in [0.3, 0.4) is 0 Å². The van der Waals surface area contributed by atoms with Crippen molar-refractivity contribution >= 4 is 38.1 Å². The molecule has 0 saturated carbocycles. The molecule has 0 unspecified atom stereocenters. The number of anilines is 2. The van der Waals surface area contributed by atoms with E-state index in [0.29, 0.717) is 63.9 Å². The van der Waals surface area contributed by atoms with E-state index in [1.54, 1.807) is 24.1 Å². The third kappa shape index (κ3) is 4.77. The predicted octanol–water partition coefficient (Wildman–Crippen LogP) is 2.97. The van der Waals surface area contributed by atoms with Gasteiger partial charge in [0.25, 0.3) is 5.91 Å². The van der Waals surface area contributed by atoms with Crippen molar-refractivity contribution in [1.29, 1.82) is 0 Å². The van der Waals surface area contributed by atoms with Gasteiger partial charge < -0.3 is 19.3 Å². The molecule has 2 saturated heterocycles. The Labute approximate surface area is 205 Å². The summed E-state index contributed by atoms with van der Waals surface area (Å²) in [5.74, 6) is -0.263. The molecule has 0 bridgehead atoms. The fourth-order valence-corrected chi connectivity index (χ4v) is 5.98. The fraction of sp³-hybridized carbons (Fsp3) is 0.346. The molecule has 0 spiro atoms. The van der Waals surface area contributed by atoms with E-state index in [4.69, 9.17) is 9.47 Å². The Morgan fingerprint density at radius 3 is 2.20 bits per heavy atom. The molecule has 184 valence electrons. The van der Waals surface area contributed by atoms with E-state index in [1.807, 2.05) is 42.5 Å². The summed E-state index contributed by atoms with van der Waals surface area (Å²) < 4.78 is 38.9. The Morgan fingerprint density at radius 1 is 0.829 bits per heavy atom. The number of sulfonamides is 1. The summed E-state index contributed by atoms with van der Waals surface area (Å²) >= 11 is 0. The van der Waals surface area contributed by atoms with Crippen molar-refractivity contribution in [3.8, 4) is 0 Å². The van der Waals surface area contributed by atoms with E-state index in [-0.39, 0.29) is 10.8 Å². The molecule has 3 aromatic rings. The van der Waals surface area contributed by atoms with E-state index in [1.165, 1.54) is 10.4 Å². The van der Waals surface area contributed by atoms with Crippen molar-refractivity contribution in [3.63, 3.8) is 0 Å². The minimum absolute atomic E-state index is 0.117. The number of ether oxygens (including phenoxy) is 2. The molecule has 3 aromatic carbocycles. The Hall–Kier alpha value is -2.98. The number of carbonyl (C=O) groups excluding carboxylic acids is 1. The van der Waals surface area contributed by atoms with Gasteiger partial charge in [0.2, 0.25) is 10.0 Å². The maximum absolute atomic E-state index is 13.8. The lowest BCUT2D eigenvalue weighted by Crippen LogP contribution is -2.41. The van der Waals surface area contributed by atoms with Crippen LogP contribution in [0.2, 0.25) is 0 Å². The van der Waals surface area contributed by atoms with Crippen LogP contribution in [-0.4, -0.2) is 78.3 Å². The highest BCUT2D eigenvalue weighted by atomic mass is 32.2. The summed E-state index contributed by atoms with van der Waals surface area (Å²) in [5.41, 5.74) is 1.81. The average molecular weight is 496 g/mol. The Balaban J connectivity index is 1.54. The Morgan fingerprint density at radius 2 is 1.49 bits per heavy atom. The number of rotatable bonds is 5. The summed E-state index contributed by atoms with van der Waals surface area (Å²) in [6.45, 7) is 3.71. The average Bonchev–Trinajstić information content (AvgIpc) is 2.92. The predicted molar refractivity (Wildman–Crippen MR) is 136 cm³/mol. The van der Waals surface area contributed by atoms with Gasteiger partial charge in [-0.1, -0.05) is 30.3 Å². The lowest BCUT2D eigenvalue weighted by Gasteiger charge is -2.32. The molecule has 1 amide bonds. The zero-order valence-electron chi connectivity index (χ0n) is 19.7. The molecule has 2 aliphatic rings. The van der Waals surface area contributed by atoms with Gasteiger partial charge in [0.1, 0.15) is 0 Å². The normalized spacial score (nSPS) is 17.5. The number of benzene rings is 3. The van der Waals surface area contributed by atoms with E-state index >= 15 is 0 Å². The minimum atomic E-state index is -3.75. The first-order valence-corrected chi connectivity index (χ1v) is 13.2. The number of morpholine rings is 2. The van der Waals surface area contributed by atoms with Gasteiger partial charge >= 0.3 is 0 Å². The fourth-order valence-electron chi connectivity index (χ4n) is 4.55. The van der Waals surface area contributed by atoms with Crippen LogP contribution in [-0.2, 0) is 19.5 Å². The SMILES string of the molecule is CN(C(=O)c1cc(S(=O)(=O)N2CCOCC2)ccc1N1CCOCC1)c1ccc2ccccc2c1. The number of amides is 1. The zero-order chi connectivity index (χ0) is 24.4. The lowest BCUT2D eigenvalue weighted by molar-refractivity contribution is 0.0730. The maximum atomic E-state index is 13.8. The highest BCUT2D eigenvalue weighted by Gasteiger charge is 2.30. The quantitative estimate of drug-likeness (QED) is 0.542. The minimum Gasteiger partial charge on any atom is -0.379 e. The molecule has 2 heterocycles. The zero-order valence-corrected chi connectivity index (χ0v) is 20.5. The van der Waals surface area contributed by atoms with Crippen molar-refractivity contribution in [2.75, 3.05) is 69.5 Å². The standard InChI is InChI=1S/C26H29N3O5S/c1-27(22-7-6-20-4-2-3-5-21(20)18-22)26(30)24-19-23(35(31,32)29-12-16-34-17-13-29)8-9-25(24)28-10-14-33-15-11-28/h2-9,18-19H,10-17H2,1H3. The number of fused-ring (bicyclic) bond motifs is 1. The van der Waals surface area contributed by atoms with Gasteiger partial charge in [0.15, 0.2) is 0 Å². The molecular formula is C26H29N3O5S. The smallest absolute Gasteiger partial charge is 0.260 e. The molecule has 5 rings (SSSR count). The third-order valence-electron chi connectivity index (χ3n) is 6.58. The Bertz CT molecular complexity index is 1330. The molecule has 2 fully saturated rings. The molecule has 0 radical (unpaired) electrons. The van der Waals surface area contributed by atoms with Crippen LogP contribution >= 0.6 is 0 Å². The van der Waals surface area contributed by atoms with Gasteiger partial charge in [-0.15, -0.1) is 0 Å². The van der Waals surface area contributed by atoms with Gasteiger partial charge in [0, 0.05) is 44.6 Å². The summed E-state index contributed by atoms with van der Waals surface area (Å²) in [4.78, 5) is 17.6. The van der Waals surface area contributed by atoms with E-state index in [9.17, 15) is 13.2 Å². The van der Waals surface area contributed by atoms with Gasteiger partial charge in [0.05, 0.1) is 36.9 Å². The second-order valence-corrected chi connectivity index (χ2v) is 10.6. The van der Waals surface area contributed by atoms with Crippen molar-refractivity contribution in [3.05, 3.63) is 66.2 Å². The highest BCUT2D eigenvalue weighted by Crippen LogP contribution is 2.30. The molecule has 0 atom stereocenters. The van der Waals surface area contributed by atoms with Gasteiger partial charge in [-0.25, -0.2) is 8.42 Å². The van der Waals surface area contributed by atoms with Crippen molar-refractivity contribution < 1.29 is 22.7 Å². The number of hydrogen-bond donors (Lipinski definition) is 0. The second kappa shape index (κ2) is 9.94. The van der Waals surface area contributed by atoms with Gasteiger partial charge in [-0.05, 0) is 41.1 Å². The topological polar surface area (TPSA) is 79.4 Å². The van der Waals surface area contributed by atoms with Crippen LogP contribution < -0.4 is 9.80 Å². The van der Waals surface area contributed by atoms with Gasteiger partial charge in [-0.2, -0.15) is 4.31 Å². The van der Waals surface area contributed by atoms with Crippen LogP contribution in [0.25, 0.3) is 10.8 Å². The molecule has 2 aliphatic heterocycles. The van der Waals surface area contributed by atoms with E-state index < -0.39 is 10.0 Å². The molecule has 0 aliphatic carbocycles. The maximum Gasteiger partial charge on any atom is 0.260 e. The molecule has 35 heavy (non-hydrogen) atoms. The molecule has 8 nitrogen and oxygen atoms in total. The first kappa shape index (κ1) is 23.7. The van der Waals surface area contributed by atoms with Crippen molar-refractivity contribution in [2.45, 2.75) is 4.90 Å². The van der Waals surface area contributed by atoms with Crippen molar-refractivity contribution in [1.82, 2.24) is 4.31 Å². The Kier molecular flexibility index (Phi) is 6.75. The molecule has 0 aromatic heterocycles. The molecule has 0 N–H and O–H groups in total. The van der Waals surface area contributed by atoms with Gasteiger partial charge in [-0.3, -0.25) is 4.79 Å². The van der Waals surface area contributed by atoms with Crippen LogP contribution in [0, 0.1) is 0 Å². The summed E-state index contributed by atoms with van der Waals surface area (Å²) in [7, 11) is -2.02. The monoisotopic (exact) mass is 495 g/mol. The van der Waals surface area contributed by atoms with E-state index in [2.05, 4.69) is 4.90 Å². The van der Waals surface area contributed by atoms with Crippen LogP contribution in [0.1, 0.15) is 10.4 Å². The summed E-state index contributed by atoms with van der Waals surface area (Å²) in [6, 6.07) is 18.7. The van der Waals surface area contributed by atoms with Crippen molar-refractivity contribution in [2.24, 2.45) is 0 Å². The highest BCUT2D eigenvalue weighted by molar-refractivity contribution is 7.89. The molecular weight excluding hydrogens is 466 g/mol. The number of nitrogens with zero attached hydrogens (tertiary/aromatic N) is 3. The lowest BCUT2D eigenvalue weighted by atomic mass is 10.1. The number of carbonyl (C=O) groups is 1. The third-order valence-corrected chi connectivity index (χ3v) is 8.48.